The first kappa shape index (κ1) is 26.5. The first-order chi connectivity index (χ1) is 18.1. The van der Waals surface area contributed by atoms with E-state index in [9.17, 15) is 9.59 Å². The molecule has 5 nitrogen and oxygen atoms in total. The summed E-state index contributed by atoms with van der Waals surface area (Å²) in [6.45, 7) is 16.7. The van der Waals surface area contributed by atoms with Crippen LogP contribution in [0.4, 0.5) is 0 Å². The summed E-state index contributed by atoms with van der Waals surface area (Å²) in [5.74, 6) is -1.04. The Balaban J connectivity index is 1.50. The SMILES string of the molecule is CC1(C)c2cc(CC3C(=O)N(C(C)(C)C)C(=[Se])N(C(C)(C)C)C3=O)sc2-n2c3ccccc3c3cccc1c32. The molecule has 0 bridgehead atoms. The maximum absolute atomic E-state index is 13.9. The molecule has 0 unspecified atom stereocenters. The van der Waals surface area contributed by atoms with Gasteiger partial charge in [0.25, 0.3) is 0 Å². The number of rotatable bonds is 2. The second kappa shape index (κ2) is 8.39. The van der Waals surface area contributed by atoms with Crippen LogP contribution in [-0.4, -0.2) is 57.5 Å². The minimum atomic E-state index is -0.771. The van der Waals surface area contributed by atoms with E-state index in [2.05, 4.69) is 82.5 Å². The number of benzene rings is 2. The van der Waals surface area contributed by atoms with Crippen LogP contribution in [0, 0.1) is 5.92 Å². The quantitative estimate of drug-likeness (QED) is 0.203. The summed E-state index contributed by atoms with van der Waals surface area (Å²) >= 11 is 4.77. The number of thiophene rings is 1. The molecule has 4 aromatic rings. The predicted octanol–water partition coefficient (Wildman–Crippen LogP) is 6.17. The molecule has 7 heteroatoms. The molecule has 6 rings (SSSR count). The van der Waals surface area contributed by atoms with Crippen molar-refractivity contribution in [3.8, 4) is 5.00 Å². The predicted molar refractivity (Wildman–Crippen MR) is 162 cm³/mol. The summed E-state index contributed by atoms with van der Waals surface area (Å²) in [5.41, 5.74) is 3.86. The van der Waals surface area contributed by atoms with Crippen molar-refractivity contribution in [3.05, 3.63) is 64.5 Å². The van der Waals surface area contributed by atoms with Gasteiger partial charge in [0, 0.05) is 0 Å². The zero-order valence-corrected chi connectivity index (χ0v) is 26.4. The summed E-state index contributed by atoms with van der Waals surface area (Å²) in [5, 5.41) is 3.69. The van der Waals surface area contributed by atoms with Gasteiger partial charge >= 0.3 is 237 Å². The Labute approximate surface area is 242 Å². The standard InChI is InChI=1S/C32H35N3O2SSe/c1-30(2,3)34-26(36)21(27(37)35(29(34)39)31(4,5)6)16-18-17-23-28(38-18)33-24-15-10-9-12-19(24)20-13-11-14-22(25(20)33)32(23,7)8/h9-15,17,21H,16H2,1-8H3. The fraction of sp³-hybridized carbons (Fsp3) is 0.406. The summed E-state index contributed by atoms with van der Waals surface area (Å²) in [6.07, 6.45) is 0.385. The molecule has 4 heterocycles. The van der Waals surface area contributed by atoms with Gasteiger partial charge in [-0.05, 0) is 0 Å². The fourth-order valence-corrected chi connectivity index (χ4v) is 9.25. The maximum atomic E-state index is 13.9. The van der Waals surface area contributed by atoms with E-state index in [4.69, 9.17) is 0 Å². The second-order valence-electron chi connectivity index (χ2n) is 13.3. The molecule has 2 aromatic heterocycles. The molecule has 0 saturated carbocycles. The van der Waals surface area contributed by atoms with Gasteiger partial charge < -0.3 is 0 Å². The third kappa shape index (κ3) is 3.73. The van der Waals surface area contributed by atoms with Gasteiger partial charge in [0.05, 0.1) is 0 Å². The Kier molecular flexibility index (Phi) is 5.70. The number of aromatic nitrogens is 1. The Morgan fingerprint density at radius 2 is 1.44 bits per heavy atom. The average Bonchev–Trinajstić information content (AvgIpc) is 3.39. The van der Waals surface area contributed by atoms with Crippen LogP contribution in [0.3, 0.4) is 0 Å². The van der Waals surface area contributed by atoms with Gasteiger partial charge in [0.1, 0.15) is 0 Å². The van der Waals surface area contributed by atoms with Crippen molar-refractivity contribution in [3.63, 3.8) is 0 Å². The van der Waals surface area contributed by atoms with Crippen molar-refractivity contribution in [2.24, 2.45) is 5.92 Å². The molecule has 2 aliphatic heterocycles. The summed E-state index contributed by atoms with van der Waals surface area (Å²) in [4.78, 5) is 32.5. The van der Waals surface area contributed by atoms with E-state index >= 15 is 0 Å². The average molecular weight is 605 g/mol. The van der Waals surface area contributed by atoms with E-state index < -0.39 is 17.0 Å². The molecular weight excluding hydrogens is 569 g/mol. The normalized spacial score (nSPS) is 18.0. The first-order valence-corrected chi connectivity index (χ1v) is 15.2. The molecule has 0 atom stereocenters. The number of hydrogen-bond acceptors (Lipinski definition) is 3. The van der Waals surface area contributed by atoms with Crippen LogP contribution >= 0.6 is 11.3 Å². The summed E-state index contributed by atoms with van der Waals surface area (Å²) < 4.78 is 2.99. The van der Waals surface area contributed by atoms with E-state index in [1.165, 1.54) is 37.9 Å². The zero-order valence-electron chi connectivity index (χ0n) is 23.9. The summed E-state index contributed by atoms with van der Waals surface area (Å²) in [6, 6.07) is 17.4. The third-order valence-electron chi connectivity index (χ3n) is 8.17. The zero-order chi connectivity index (χ0) is 28.2. The Morgan fingerprint density at radius 1 is 0.846 bits per heavy atom. The van der Waals surface area contributed by atoms with Crippen LogP contribution < -0.4 is 0 Å². The van der Waals surface area contributed by atoms with Gasteiger partial charge in [0.15, 0.2) is 0 Å². The second-order valence-corrected chi connectivity index (χ2v) is 15.2. The number of para-hydroxylation sites is 2. The van der Waals surface area contributed by atoms with Gasteiger partial charge in [-0.2, -0.15) is 0 Å². The van der Waals surface area contributed by atoms with Crippen molar-refractivity contribution < 1.29 is 9.59 Å². The van der Waals surface area contributed by atoms with Crippen LogP contribution in [0.2, 0.25) is 0 Å². The van der Waals surface area contributed by atoms with Crippen LogP contribution in [-0.2, 0) is 21.4 Å². The Hall–Kier alpha value is -2.73. The van der Waals surface area contributed by atoms with Crippen LogP contribution in [0.15, 0.2) is 48.5 Å². The Bertz CT molecular complexity index is 1680. The number of amides is 2. The van der Waals surface area contributed by atoms with Gasteiger partial charge in [-0.3, -0.25) is 0 Å². The molecule has 2 aromatic carbocycles. The molecule has 2 aliphatic rings. The molecule has 39 heavy (non-hydrogen) atoms. The van der Waals surface area contributed by atoms with E-state index in [1.54, 1.807) is 21.1 Å². The first-order valence-electron chi connectivity index (χ1n) is 13.5. The van der Waals surface area contributed by atoms with Gasteiger partial charge in [-0.1, -0.05) is 6.07 Å². The van der Waals surface area contributed by atoms with Gasteiger partial charge in [0.2, 0.25) is 0 Å². The number of hydrogen-bond donors (Lipinski definition) is 0. The molecule has 1 fully saturated rings. The molecule has 0 radical (unpaired) electrons. The monoisotopic (exact) mass is 605 g/mol. The molecule has 0 spiro atoms. The van der Waals surface area contributed by atoms with E-state index in [-0.39, 0.29) is 17.2 Å². The van der Waals surface area contributed by atoms with Gasteiger partial charge in [-0.15, -0.1) is 0 Å². The molecule has 1 saturated heterocycles. The fourth-order valence-electron chi connectivity index (χ4n) is 6.34. The van der Waals surface area contributed by atoms with E-state index in [0.717, 1.165) is 4.88 Å². The Morgan fingerprint density at radius 3 is 2.05 bits per heavy atom. The molecule has 0 N–H and O–H groups in total. The number of carbonyl (C=O) groups excluding carboxylic acids is 2. The number of carbonyl (C=O) groups is 2. The van der Waals surface area contributed by atoms with Crippen molar-refractivity contribution in [2.45, 2.75) is 78.3 Å². The van der Waals surface area contributed by atoms with Crippen LogP contribution in [0.5, 0.6) is 0 Å². The van der Waals surface area contributed by atoms with Crippen molar-refractivity contribution in [1.82, 2.24) is 14.4 Å². The van der Waals surface area contributed by atoms with E-state index in [1.807, 2.05) is 41.5 Å². The molecule has 0 aliphatic carbocycles. The van der Waals surface area contributed by atoms with Crippen molar-refractivity contribution >= 4 is 65.2 Å². The molecule has 2 amide bonds. The molecule has 202 valence electrons. The third-order valence-corrected chi connectivity index (χ3v) is 10.1. The van der Waals surface area contributed by atoms with Gasteiger partial charge in [-0.25, -0.2) is 0 Å². The van der Waals surface area contributed by atoms with Crippen molar-refractivity contribution in [1.29, 1.82) is 0 Å². The van der Waals surface area contributed by atoms with Crippen molar-refractivity contribution in [2.75, 3.05) is 0 Å². The van der Waals surface area contributed by atoms with Crippen LogP contribution in [0.1, 0.15) is 71.4 Å². The number of fused-ring (bicyclic) bond motifs is 5. The van der Waals surface area contributed by atoms with Crippen LogP contribution in [0.25, 0.3) is 26.8 Å². The molecular formula is C32H35N3O2SSe. The number of nitrogens with zero attached hydrogens (tertiary/aromatic N) is 3. The topological polar surface area (TPSA) is 45.6 Å². The van der Waals surface area contributed by atoms with E-state index in [0.29, 0.717) is 11.1 Å². The minimum absolute atomic E-state index is 0.135. The summed E-state index contributed by atoms with van der Waals surface area (Å²) in [7, 11) is 0.